The first-order valence-electron chi connectivity index (χ1n) is 3.62. The molecule has 13 heavy (non-hydrogen) atoms. The minimum atomic E-state index is -0.505. The summed E-state index contributed by atoms with van der Waals surface area (Å²) in [7, 11) is 0. The van der Waals surface area contributed by atoms with Gasteiger partial charge in [0.15, 0.2) is 0 Å². The topological polar surface area (TPSA) is 69.1 Å². The van der Waals surface area contributed by atoms with E-state index in [4.69, 9.17) is 23.1 Å². The highest BCUT2D eigenvalue weighted by atomic mass is 35.5. The summed E-state index contributed by atoms with van der Waals surface area (Å²) in [6, 6.07) is 5.03. The summed E-state index contributed by atoms with van der Waals surface area (Å²) in [5, 5.41) is 0.564. The number of rotatable bonds is 2. The summed E-state index contributed by atoms with van der Waals surface area (Å²) < 4.78 is 0. The Morgan fingerprint density at radius 2 is 2.15 bits per heavy atom. The zero-order valence-electron chi connectivity index (χ0n) is 6.83. The normalized spacial score (nSPS) is 10.5. The van der Waals surface area contributed by atoms with Crippen molar-refractivity contribution in [3.05, 3.63) is 34.9 Å². The number of anilines is 1. The highest BCUT2D eigenvalue weighted by molar-refractivity contribution is 6.30. The van der Waals surface area contributed by atoms with Crippen LogP contribution >= 0.6 is 11.6 Å². The summed E-state index contributed by atoms with van der Waals surface area (Å²) >= 11 is 5.68. The molecule has 1 amide bonds. The van der Waals surface area contributed by atoms with Gasteiger partial charge in [0.2, 0.25) is 5.91 Å². The first-order valence-corrected chi connectivity index (χ1v) is 4.00. The molecule has 0 spiro atoms. The number of benzene rings is 1. The van der Waals surface area contributed by atoms with E-state index in [1.165, 1.54) is 6.08 Å². The number of nitrogen functional groups attached to an aromatic ring is 1. The number of carbonyl (C=O) groups is 1. The van der Waals surface area contributed by atoms with E-state index in [1.54, 1.807) is 24.3 Å². The molecule has 1 aromatic carbocycles. The summed E-state index contributed by atoms with van der Waals surface area (Å²) in [5.74, 6) is -0.505. The number of primary amides is 1. The zero-order valence-corrected chi connectivity index (χ0v) is 7.58. The molecule has 0 saturated heterocycles. The predicted molar refractivity (Wildman–Crippen MR) is 54.1 cm³/mol. The maximum atomic E-state index is 10.4. The Balaban J connectivity index is 2.96. The monoisotopic (exact) mass is 196 g/mol. The average Bonchev–Trinajstić information content (AvgIpc) is 2.02. The van der Waals surface area contributed by atoms with E-state index in [0.717, 1.165) is 5.56 Å². The predicted octanol–water partition coefficient (Wildman–Crippen LogP) is 1.42. The van der Waals surface area contributed by atoms with Crippen LogP contribution in [0.4, 0.5) is 5.69 Å². The molecule has 0 saturated carbocycles. The Labute approximate surface area is 81.0 Å². The highest BCUT2D eigenvalue weighted by Gasteiger charge is 1.95. The first-order chi connectivity index (χ1) is 6.09. The first kappa shape index (κ1) is 9.61. The van der Waals surface area contributed by atoms with Crippen LogP contribution in [0, 0.1) is 0 Å². The lowest BCUT2D eigenvalue weighted by Crippen LogP contribution is -2.05. The van der Waals surface area contributed by atoms with Crippen molar-refractivity contribution in [2.75, 3.05) is 5.73 Å². The van der Waals surface area contributed by atoms with Crippen molar-refractivity contribution in [2.24, 2.45) is 5.73 Å². The van der Waals surface area contributed by atoms with Crippen LogP contribution < -0.4 is 11.5 Å². The third-order valence-corrected chi connectivity index (χ3v) is 1.71. The Kier molecular flexibility index (Phi) is 2.93. The zero-order chi connectivity index (χ0) is 9.84. The molecule has 0 aliphatic heterocycles. The van der Waals surface area contributed by atoms with E-state index < -0.39 is 5.91 Å². The molecule has 3 nitrogen and oxygen atoms in total. The fourth-order valence-corrected chi connectivity index (χ4v) is 1.05. The molecule has 4 heteroatoms. The Morgan fingerprint density at radius 1 is 1.46 bits per heavy atom. The molecule has 4 N–H and O–H groups in total. The van der Waals surface area contributed by atoms with Crippen molar-refractivity contribution in [2.45, 2.75) is 0 Å². The maximum Gasteiger partial charge on any atom is 0.241 e. The minimum Gasteiger partial charge on any atom is -0.398 e. The van der Waals surface area contributed by atoms with Crippen LogP contribution in [0.3, 0.4) is 0 Å². The molecule has 68 valence electrons. The van der Waals surface area contributed by atoms with E-state index in [9.17, 15) is 4.79 Å². The third-order valence-electron chi connectivity index (χ3n) is 1.48. The van der Waals surface area contributed by atoms with Gasteiger partial charge in [-0.2, -0.15) is 0 Å². The van der Waals surface area contributed by atoms with Crippen LogP contribution in [0.15, 0.2) is 24.3 Å². The average molecular weight is 197 g/mol. The fourth-order valence-electron chi connectivity index (χ4n) is 0.869. The fraction of sp³-hybridized carbons (Fsp3) is 0. The number of hydrogen-bond donors (Lipinski definition) is 2. The van der Waals surface area contributed by atoms with Crippen LogP contribution in [0.2, 0.25) is 5.02 Å². The maximum absolute atomic E-state index is 10.4. The molecule has 0 fully saturated rings. The van der Waals surface area contributed by atoms with Crippen LogP contribution in [0.5, 0.6) is 0 Å². The van der Waals surface area contributed by atoms with Gasteiger partial charge in [-0.1, -0.05) is 17.7 Å². The van der Waals surface area contributed by atoms with Gasteiger partial charge >= 0.3 is 0 Å². The second-order valence-electron chi connectivity index (χ2n) is 2.51. The molecular formula is C9H9ClN2O. The van der Waals surface area contributed by atoms with Gasteiger partial charge in [-0.25, -0.2) is 0 Å². The quantitative estimate of drug-likeness (QED) is 0.555. The van der Waals surface area contributed by atoms with Gasteiger partial charge in [-0.3, -0.25) is 4.79 Å². The van der Waals surface area contributed by atoms with Gasteiger partial charge < -0.3 is 11.5 Å². The number of carbonyl (C=O) groups excluding carboxylic acids is 1. The SMILES string of the molecule is NC(=O)/C=C/c1ccc(Cl)cc1N. The second kappa shape index (κ2) is 3.96. The summed E-state index contributed by atoms with van der Waals surface area (Å²) in [4.78, 5) is 10.4. The van der Waals surface area contributed by atoms with Crippen molar-refractivity contribution in [3.63, 3.8) is 0 Å². The number of nitrogens with two attached hydrogens (primary N) is 2. The lowest BCUT2D eigenvalue weighted by Gasteiger charge is -1.99. The summed E-state index contributed by atoms with van der Waals surface area (Å²) in [6.45, 7) is 0. The standard InChI is InChI=1S/C9H9ClN2O/c10-7-3-1-6(8(11)5-7)2-4-9(12)13/h1-5H,11H2,(H2,12,13)/b4-2+. The minimum absolute atomic E-state index is 0.505. The molecule has 1 rings (SSSR count). The smallest absolute Gasteiger partial charge is 0.241 e. The molecule has 0 unspecified atom stereocenters. The van der Waals surface area contributed by atoms with Crippen LogP contribution in [-0.2, 0) is 4.79 Å². The Bertz CT molecular complexity index is 361. The van der Waals surface area contributed by atoms with Crippen molar-refractivity contribution in [1.29, 1.82) is 0 Å². The largest absolute Gasteiger partial charge is 0.398 e. The van der Waals surface area contributed by atoms with Gasteiger partial charge in [0.05, 0.1) is 0 Å². The van der Waals surface area contributed by atoms with Crippen molar-refractivity contribution in [1.82, 2.24) is 0 Å². The van der Waals surface area contributed by atoms with Gasteiger partial charge in [-0.15, -0.1) is 0 Å². The Hall–Kier alpha value is -1.48. The molecule has 0 aliphatic rings. The second-order valence-corrected chi connectivity index (χ2v) is 2.95. The lowest BCUT2D eigenvalue weighted by molar-refractivity contribution is -0.113. The number of amides is 1. The van der Waals surface area contributed by atoms with Gasteiger partial charge in [0, 0.05) is 16.8 Å². The van der Waals surface area contributed by atoms with Gasteiger partial charge in [0.1, 0.15) is 0 Å². The number of hydrogen-bond acceptors (Lipinski definition) is 2. The van der Waals surface area contributed by atoms with Crippen LogP contribution in [0.1, 0.15) is 5.56 Å². The molecule has 0 bridgehead atoms. The van der Waals surface area contributed by atoms with E-state index in [1.807, 2.05) is 0 Å². The van der Waals surface area contributed by atoms with Gasteiger partial charge in [-0.05, 0) is 23.8 Å². The molecule has 1 aromatic rings. The highest BCUT2D eigenvalue weighted by Crippen LogP contribution is 2.18. The van der Waals surface area contributed by atoms with Gasteiger partial charge in [0.25, 0.3) is 0 Å². The molecule has 0 heterocycles. The Morgan fingerprint density at radius 3 is 2.69 bits per heavy atom. The van der Waals surface area contributed by atoms with Crippen molar-refractivity contribution < 1.29 is 4.79 Å². The molecule has 0 aromatic heterocycles. The van der Waals surface area contributed by atoms with Crippen LogP contribution in [-0.4, -0.2) is 5.91 Å². The molecule has 0 aliphatic carbocycles. The van der Waals surface area contributed by atoms with E-state index in [2.05, 4.69) is 0 Å². The molecule has 0 radical (unpaired) electrons. The van der Waals surface area contributed by atoms with Crippen molar-refractivity contribution >= 4 is 29.3 Å². The third kappa shape index (κ3) is 2.80. The lowest BCUT2D eigenvalue weighted by atomic mass is 10.1. The molecule has 0 atom stereocenters. The molecular weight excluding hydrogens is 188 g/mol. The van der Waals surface area contributed by atoms with E-state index in [0.29, 0.717) is 10.7 Å². The van der Waals surface area contributed by atoms with Crippen LogP contribution in [0.25, 0.3) is 6.08 Å². The van der Waals surface area contributed by atoms with E-state index in [-0.39, 0.29) is 0 Å². The summed E-state index contributed by atoms with van der Waals surface area (Å²) in [6.07, 6.45) is 2.80. The number of halogens is 1. The van der Waals surface area contributed by atoms with E-state index >= 15 is 0 Å². The van der Waals surface area contributed by atoms with Crippen molar-refractivity contribution in [3.8, 4) is 0 Å². The summed E-state index contributed by atoms with van der Waals surface area (Å²) in [5.41, 5.74) is 11.8.